The molecule has 1 unspecified atom stereocenters. The van der Waals surface area contributed by atoms with Crippen molar-refractivity contribution in [2.45, 2.75) is 46.1 Å². The minimum absolute atomic E-state index is 0.0578. The predicted octanol–water partition coefficient (Wildman–Crippen LogP) is 4.38. The van der Waals surface area contributed by atoms with Crippen molar-refractivity contribution in [3.05, 3.63) is 102 Å². The molecule has 3 aromatic rings. The van der Waals surface area contributed by atoms with Crippen molar-refractivity contribution in [3.63, 3.8) is 0 Å². The number of benzene rings is 2. The van der Waals surface area contributed by atoms with Crippen LogP contribution in [0.15, 0.2) is 70.1 Å². The van der Waals surface area contributed by atoms with Crippen molar-refractivity contribution in [1.82, 2.24) is 4.57 Å². The molecule has 4 rings (SSSR count). The highest BCUT2D eigenvalue weighted by Gasteiger charge is 2.33. The molecule has 0 saturated carbocycles. The van der Waals surface area contributed by atoms with Gasteiger partial charge in [-0.15, -0.1) is 6.58 Å². The molecule has 0 aliphatic carbocycles. The van der Waals surface area contributed by atoms with Gasteiger partial charge >= 0.3 is 5.97 Å². The maximum absolute atomic E-state index is 14.0. The smallest absolute Gasteiger partial charge is 0.338 e. The molecular formula is C32H36N2O6S. The molecule has 216 valence electrons. The van der Waals surface area contributed by atoms with E-state index in [0.717, 1.165) is 11.1 Å². The second-order valence-corrected chi connectivity index (χ2v) is 11.0. The first kappa shape index (κ1) is 30.0. The number of carbonyl (C=O) groups excluding carboxylic acids is 1. The van der Waals surface area contributed by atoms with Gasteiger partial charge in [-0.05, 0) is 61.1 Å². The summed E-state index contributed by atoms with van der Waals surface area (Å²) in [6, 6.07) is 10.7. The van der Waals surface area contributed by atoms with Gasteiger partial charge in [0.05, 0.1) is 35.1 Å². The molecule has 1 N–H and O–H groups in total. The molecule has 1 aliphatic heterocycles. The van der Waals surface area contributed by atoms with E-state index in [4.69, 9.17) is 14.2 Å². The van der Waals surface area contributed by atoms with E-state index in [9.17, 15) is 14.7 Å². The van der Waals surface area contributed by atoms with Crippen molar-refractivity contribution in [3.8, 4) is 11.5 Å². The average Bonchev–Trinajstić information content (AvgIpc) is 3.24. The van der Waals surface area contributed by atoms with Crippen LogP contribution in [0.25, 0.3) is 6.08 Å². The highest BCUT2D eigenvalue weighted by Crippen LogP contribution is 2.33. The number of aromatic nitrogens is 1. The summed E-state index contributed by atoms with van der Waals surface area (Å²) < 4.78 is 18.2. The quantitative estimate of drug-likeness (QED) is 0.207. The van der Waals surface area contributed by atoms with Crippen molar-refractivity contribution < 1.29 is 24.1 Å². The molecule has 2 heterocycles. The van der Waals surface area contributed by atoms with Crippen molar-refractivity contribution >= 4 is 23.4 Å². The number of hydrogen-bond donors (Lipinski definition) is 1. The fraction of sp³-hybridized carbons (Fsp3) is 0.344. The second-order valence-electron chi connectivity index (χ2n) is 9.98. The normalized spacial score (nSPS) is 15.1. The topological polar surface area (TPSA) is 99.4 Å². The molecule has 0 saturated heterocycles. The third-order valence-electron chi connectivity index (χ3n) is 6.82. The first-order chi connectivity index (χ1) is 19.7. The van der Waals surface area contributed by atoms with Gasteiger partial charge in [-0.2, -0.15) is 0 Å². The highest BCUT2D eigenvalue weighted by molar-refractivity contribution is 7.07. The zero-order valence-corrected chi connectivity index (χ0v) is 24.9. The fourth-order valence-corrected chi connectivity index (χ4v) is 5.80. The number of phenolic OH excluding ortho intramolecular Hbond substituents is 1. The second kappa shape index (κ2) is 13.1. The summed E-state index contributed by atoms with van der Waals surface area (Å²) in [6.07, 6.45) is 3.89. The lowest BCUT2D eigenvalue weighted by molar-refractivity contribution is -0.140. The Morgan fingerprint density at radius 3 is 2.59 bits per heavy atom. The van der Waals surface area contributed by atoms with Gasteiger partial charge in [0, 0.05) is 12.7 Å². The number of thiazole rings is 1. The molecule has 0 amide bonds. The molecule has 0 spiro atoms. The molecule has 1 aromatic heterocycles. The summed E-state index contributed by atoms with van der Waals surface area (Å²) in [6.45, 7) is 12.3. The van der Waals surface area contributed by atoms with E-state index in [1.165, 1.54) is 18.4 Å². The minimum atomic E-state index is -0.709. The lowest BCUT2D eigenvalue weighted by atomic mass is 9.93. The van der Waals surface area contributed by atoms with Crippen LogP contribution in [0.5, 0.6) is 11.5 Å². The van der Waals surface area contributed by atoms with Gasteiger partial charge in [-0.25, -0.2) is 9.79 Å². The first-order valence-corrected chi connectivity index (χ1v) is 14.4. The number of methoxy groups -OCH3 is 1. The van der Waals surface area contributed by atoms with E-state index in [2.05, 4.69) is 25.4 Å². The number of fused-ring (bicyclic) bond motifs is 1. The van der Waals surface area contributed by atoms with E-state index >= 15 is 0 Å². The van der Waals surface area contributed by atoms with Crippen LogP contribution < -0.4 is 19.6 Å². The Balaban J connectivity index is 1.89. The van der Waals surface area contributed by atoms with Gasteiger partial charge in [-0.3, -0.25) is 9.36 Å². The molecule has 0 radical (unpaired) electrons. The number of ether oxygens (including phenoxy) is 3. The van der Waals surface area contributed by atoms with Crippen LogP contribution in [0.4, 0.5) is 0 Å². The lowest BCUT2D eigenvalue weighted by Crippen LogP contribution is -2.40. The average molecular weight is 577 g/mol. The Morgan fingerprint density at radius 2 is 1.95 bits per heavy atom. The third-order valence-corrected chi connectivity index (χ3v) is 7.80. The van der Waals surface area contributed by atoms with Crippen LogP contribution in [0.2, 0.25) is 0 Å². The summed E-state index contributed by atoms with van der Waals surface area (Å²) >= 11 is 1.24. The van der Waals surface area contributed by atoms with Crippen molar-refractivity contribution in [1.29, 1.82) is 0 Å². The van der Waals surface area contributed by atoms with Crippen LogP contribution in [0, 0.1) is 0 Å². The fourth-order valence-electron chi connectivity index (χ4n) is 4.76. The number of carbonyl (C=O) groups is 1. The first-order valence-electron chi connectivity index (χ1n) is 13.6. The summed E-state index contributed by atoms with van der Waals surface area (Å²) in [4.78, 5) is 32.5. The van der Waals surface area contributed by atoms with Crippen molar-refractivity contribution in [2.24, 2.45) is 4.99 Å². The summed E-state index contributed by atoms with van der Waals surface area (Å²) in [5, 5.41) is 10.6. The van der Waals surface area contributed by atoms with Gasteiger partial charge in [0.2, 0.25) is 0 Å². The molecule has 41 heavy (non-hydrogen) atoms. The molecule has 8 nitrogen and oxygen atoms in total. The van der Waals surface area contributed by atoms with Gasteiger partial charge < -0.3 is 19.3 Å². The lowest BCUT2D eigenvalue weighted by Gasteiger charge is -2.25. The Hall–Kier alpha value is -3.95. The summed E-state index contributed by atoms with van der Waals surface area (Å²) in [7, 11) is 1.54. The zero-order chi connectivity index (χ0) is 29.7. The van der Waals surface area contributed by atoms with Gasteiger partial charge in [0.1, 0.15) is 6.61 Å². The number of phenols is 1. The maximum Gasteiger partial charge on any atom is 0.338 e. The number of rotatable bonds is 11. The zero-order valence-electron chi connectivity index (χ0n) is 24.1. The Labute approximate surface area is 243 Å². The molecule has 9 heteroatoms. The van der Waals surface area contributed by atoms with Gasteiger partial charge in [-0.1, -0.05) is 55.5 Å². The number of allylic oxidation sites excluding steroid dienone is 2. The van der Waals surface area contributed by atoms with E-state index < -0.39 is 12.0 Å². The molecular weight excluding hydrogens is 540 g/mol. The molecule has 1 atom stereocenters. The van der Waals surface area contributed by atoms with Crippen LogP contribution in [0.3, 0.4) is 0 Å². The summed E-state index contributed by atoms with van der Waals surface area (Å²) in [5.74, 6) is 0.192. The molecule has 1 aliphatic rings. The minimum Gasteiger partial charge on any atom is -0.504 e. The van der Waals surface area contributed by atoms with E-state index in [-0.39, 0.29) is 24.5 Å². The van der Waals surface area contributed by atoms with Gasteiger partial charge in [0.15, 0.2) is 16.3 Å². The molecule has 0 bridgehead atoms. The van der Waals surface area contributed by atoms with E-state index in [0.29, 0.717) is 56.4 Å². The monoisotopic (exact) mass is 576 g/mol. The van der Waals surface area contributed by atoms with Crippen LogP contribution in [-0.4, -0.2) is 42.6 Å². The highest BCUT2D eigenvalue weighted by atomic mass is 32.1. The number of aromatic hydroxyl groups is 1. The summed E-state index contributed by atoms with van der Waals surface area (Å²) in [5.41, 5.74) is 3.80. The Bertz CT molecular complexity index is 1650. The molecule has 0 fully saturated rings. The van der Waals surface area contributed by atoms with E-state index in [1.54, 1.807) is 29.7 Å². The SMILES string of the molecule is C=CCc1cc(C=c2sc3n(c2=O)C(c2ccc(C(C)C)cc2)C(C(=O)OCCOC)=C(C)N=3)cc(OCC)c1O. The largest absolute Gasteiger partial charge is 0.504 e. The van der Waals surface area contributed by atoms with Crippen LogP contribution in [-0.2, 0) is 20.7 Å². The van der Waals surface area contributed by atoms with Crippen LogP contribution >= 0.6 is 11.3 Å². The van der Waals surface area contributed by atoms with E-state index in [1.807, 2.05) is 37.3 Å². The Morgan fingerprint density at radius 1 is 1.22 bits per heavy atom. The predicted molar refractivity (Wildman–Crippen MR) is 160 cm³/mol. The number of hydrogen-bond acceptors (Lipinski definition) is 8. The molecule has 2 aromatic carbocycles. The Kier molecular flexibility index (Phi) is 9.62. The number of nitrogens with zero attached hydrogens (tertiary/aromatic N) is 2. The van der Waals surface area contributed by atoms with Gasteiger partial charge in [0.25, 0.3) is 5.56 Å². The third kappa shape index (κ3) is 6.36. The number of esters is 1. The van der Waals surface area contributed by atoms with Crippen molar-refractivity contribution in [2.75, 3.05) is 26.9 Å². The standard InChI is InChI=1S/C32H36N2O6S/c1-7-9-24-16-21(17-25(29(24)35)39-8-2)18-26-30(36)34-28(23-12-10-22(11-13-23)19(3)4)27(20(5)33-32(34)41-26)31(37)40-15-14-38-6/h7,10-13,16-19,28,35H,1,8-9,14-15H2,2-6H3. The maximum atomic E-state index is 14.0. The van der Waals surface area contributed by atoms with Crippen LogP contribution in [0.1, 0.15) is 61.9 Å².